The summed E-state index contributed by atoms with van der Waals surface area (Å²) in [5.41, 5.74) is 2.01. The van der Waals surface area contributed by atoms with Crippen molar-refractivity contribution in [3.05, 3.63) is 83.9 Å². The van der Waals surface area contributed by atoms with Gasteiger partial charge in [0.15, 0.2) is 5.78 Å². The molecule has 1 heterocycles. The minimum Gasteiger partial charge on any atom is -0.371 e. The number of rotatable bonds is 5. The molecule has 1 aliphatic rings. The lowest BCUT2D eigenvalue weighted by atomic mass is 10.0. The first-order valence-electron chi connectivity index (χ1n) is 9.20. The van der Waals surface area contributed by atoms with Crippen molar-refractivity contribution in [3.63, 3.8) is 0 Å². The molecule has 0 amide bonds. The fourth-order valence-electron chi connectivity index (χ4n) is 3.54. The fourth-order valence-corrected chi connectivity index (χ4v) is 3.54. The van der Waals surface area contributed by atoms with Crippen LogP contribution in [-0.2, 0) is 4.74 Å². The van der Waals surface area contributed by atoms with Crippen molar-refractivity contribution in [1.82, 2.24) is 4.90 Å². The van der Waals surface area contributed by atoms with Crippen LogP contribution in [0.5, 0.6) is 0 Å². The molecule has 3 aromatic rings. The van der Waals surface area contributed by atoms with E-state index in [9.17, 15) is 4.79 Å². The number of Topliss-reactive ketones (excluding diaryl/α,β-unsaturated/α-hetero) is 1. The number of carbonyl (C=O) groups excluding carboxylic acids is 1. The van der Waals surface area contributed by atoms with Crippen molar-refractivity contribution >= 4 is 16.6 Å². The Morgan fingerprint density at radius 1 is 0.962 bits per heavy atom. The standard InChI is InChI=1S/C23H23NO2/c25-22(21-11-10-18-6-4-5-9-20(18)16-21)12-13-24-14-15-26-23(17-24)19-7-2-1-3-8-19/h1-11,16,23H,12-15,17H2/t23-/m1/s1. The zero-order chi connectivity index (χ0) is 17.8. The normalized spacial score (nSPS) is 18.1. The minimum absolute atomic E-state index is 0.0979. The Morgan fingerprint density at radius 2 is 1.73 bits per heavy atom. The molecular formula is C23H23NO2. The molecule has 0 aliphatic carbocycles. The van der Waals surface area contributed by atoms with Crippen LogP contribution in [0.4, 0.5) is 0 Å². The average molecular weight is 345 g/mol. The van der Waals surface area contributed by atoms with Gasteiger partial charge in [-0.15, -0.1) is 0 Å². The first-order valence-corrected chi connectivity index (χ1v) is 9.20. The number of fused-ring (bicyclic) bond motifs is 1. The van der Waals surface area contributed by atoms with E-state index >= 15 is 0 Å². The number of carbonyl (C=O) groups is 1. The summed E-state index contributed by atoms with van der Waals surface area (Å²) >= 11 is 0. The molecule has 1 atom stereocenters. The van der Waals surface area contributed by atoms with Crippen molar-refractivity contribution in [3.8, 4) is 0 Å². The summed E-state index contributed by atoms with van der Waals surface area (Å²) in [5, 5.41) is 2.29. The summed E-state index contributed by atoms with van der Waals surface area (Å²) in [6.45, 7) is 3.21. The van der Waals surface area contributed by atoms with Gasteiger partial charge in [-0.1, -0.05) is 66.7 Å². The van der Waals surface area contributed by atoms with Crippen LogP contribution < -0.4 is 0 Å². The smallest absolute Gasteiger partial charge is 0.164 e. The van der Waals surface area contributed by atoms with Crippen LogP contribution in [-0.4, -0.2) is 36.9 Å². The molecule has 0 unspecified atom stereocenters. The number of hydrogen-bond acceptors (Lipinski definition) is 3. The number of ether oxygens (including phenoxy) is 1. The molecular weight excluding hydrogens is 322 g/mol. The largest absolute Gasteiger partial charge is 0.371 e. The Bertz CT molecular complexity index is 891. The van der Waals surface area contributed by atoms with E-state index in [4.69, 9.17) is 4.74 Å². The molecule has 0 radical (unpaired) electrons. The maximum absolute atomic E-state index is 12.6. The molecule has 26 heavy (non-hydrogen) atoms. The summed E-state index contributed by atoms with van der Waals surface area (Å²) in [6, 6.07) is 24.4. The molecule has 0 N–H and O–H groups in total. The van der Waals surface area contributed by atoms with Gasteiger partial charge in [0.1, 0.15) is 0 Å². The van der Waals surface area contributed by atoms with Crippen molar-refractivity contribution < 1.29 is 9.53 Å². The van der Waals surface area contributed by atoms with Crippen molar-refractivity contribution in [2.45, 2.75) is 12.5 Å². The second-order valence-corrected chi connectivity index (χ2v) is 6.81. The van der Waals surface area contributed by atoms with E-state index in [-0.39, 0.29) is 11.9 Å². The molecule has 1 aliphatic heterocycles. The molecule has 0 bridgehead atoms. The van der Waals surface area contributed by atoms with Crippen LogP contribution in [0.2, 0.25) is 0 Å². The van der Waals surface area contributed by atoms with E-state index < -0.39 is 0 Å². The molecule has 0 saturated carbocycles. The molecule has 3 heteroatoms. The maximum Gasteiger partial charge on any atom is 0.164 e. The van der Waals surface area contributed by atoms with Gasteiger partial charge in [0.25, 0.3) is 0 Å². The number of benzene rings is 3. The Kier molecular flexibility index (Phi) is 5.09. The van der Waals surface area contributed by atoms with Crippen molar-refractivity contribution in [2.75, 3.05) is 26.2 Å². The minimum atomic E-state index is 0.0979. The summed E-state index contributed by atoms with van der Waals surface area (Å²) in [6.07, 6.45) is 0.639. The number of hydrogen-bond donors (Lipinski definition) is 0. The van der Waals surface area contributed by atoms with Crippen LogP contribution in [0.25, 0.3) is 10.8 Å². The van der Waals surface area contributed by atoms with Gasteiger partial charge >= 0.3 is 0 Å². The van der Waals surface area contributed by atoms with Gasteiger partial charge in [0.05, 0.1) is 12.7 Å². The third-order valence-electron chi connectivity index (χ3n) is 5.05. The Hall–Kier alpha value is -2.49. The summed E-state index contributed by atoms with van der Waals surface area (Å²) < 4.78 is 5.91. The van der Waals surface area contributed by atoms with E-state index in [0.717, 1.165) is 30.6 Å². The van der Waals surface area contributed by atoms with E-state index in [1.165, 1.54) is 10.9 Å². The first kappa shape index (κ1) is 17.0. The van der Waals surface area contributed by atoms with Gasteiger partial charge in [-0.05, 0) is 22.4 Å². The second kappa shape index (κ2) is 7.81. The first-order chi connectivity index (χ1) is 12.8. The fraction of sp³-hybridized carbons (Fsp3) is 0.261. The highest BCUT2D eigenvalue weighted by Gasteiger charge is 2.22. The summed E-state index contributed by atoms with van der Waals surface area (Å²) in [4.78, 5) is 15.0. The molecule has 0 aromatic heterocycles. The van der Waals surface area contributed by atoms with Gasteiger partial charge in [-0.25, -0.2) is 0 Å². The van der Waals surface area contributed by atoms with Gasteiger partial charge in [-0.2, -0.15) is 0 Å². The lowest BCUT2D eigenvalue weighted by Crippen LogP contribution is -2.39. The molecule has 0 spiro atoms. The van der Waals surface area contributed by atoms with Crippen LogP contribution in [0.15, 0.2) is 72.8 Å². The van der Waals surface area contributed by atoms with Gasteiger partial charge in [0, 0.05) is 31.6 Å². The van der Waals surface area contributed by atoms with Gasteiger partial charge in [0.2, 0.25) is 0 Å². The zero-order valence-electron chi connectivity index (χ0n) is 14.8. The predicted molar refractivity (Wildman–Crippen MR) is 104 cm³/mol. The van der Waals surface area contributed by atoms with Crippen molar-refractivity contribution in [1.29, 1.82) is 0 Å². The van der Waals surface area contributed by atoms with Crippen molar-refractivity contribution in [2.24, 2.45) is 0 Å². The molecule has 132 valence electrons. The molecule has 1 fully saturated rings. The number of nitrogens with zero attached hydrogens (tertiary/aromatic N) is 1. The highest BCUT2D eigenvalue weighted by atomic mass is 16.5. The number of ketones is 1. The highest BCUT2D eigenvalue weighted by Crippen LogP contribution is 2.22. The Labute approximate surface area is 154 Å². The quantitative estimate of drug-likeness (QED) is 0.638. The van der Waals surface area contributed by atoms with E-state index in [1.807, 2.05) is 48.5 Å². The summed E-state index contributed by atoms with van der Waals surface area (Å²) in [7, 11) is 0. The number of morpholine rings is 1. The lowest BCUT2D eigenvalue weighted by molar-refractivity contribution is -0.0297. The van der Waals surface area contributed by atoms with Crippen LogP contribution in [0, 0.1) is 0 Å². The van der Waals surface area contributed by atoms with Crippen LogP contribution in [0.3, 0.4) is 0 Å². The van der Waals surface area contributed by atoms with E-state index in [1.54, 1.807) is 0 Å². The molecule has 1 saturated heterocycles. The van der Waals surface area contributed by atoms with Crippen LogP contribution >= 0.6 is 0 Å². The SMILES string of the molecule is O=C(CCN1CCO[C@@H](c2ccccc2)C1)c1ccc2ccccc2c1. The van der Waals surface area contributed by atoms with Gasteiger partial charge < -0.3 is 4.74 Å². The third kappa shape index (κ3) is 3.85. The average Bonchev–Trinajstić information content (AvgIpc) is 2.72. The van der Waals surface area contributed by atoms with E-state index in [0.29, 0.717) is 13.0 Å². The maximum atomic E-state index is 12.6. The van der Waals surface area contributed by atoms with E-state index in [2.05, 4.69) is 29.2 Å². The van der Waals surface area contributed by atoms with Gasteiger partial charge in [-0.3, -0.25) is 9.69 Å². The Balaban J connectivity index is 1.37. The Morgan fingerprint density at radius 3 is 2.58 bits per heavy atom. The van der Waals surface area contributed by atoms with Crippen LogP contribution in [0.1, 0.15) is 28.4 Å². The monoisotopic (exact) mass is 345 g/mol. The highest BCUT2D eigenvalue weighted by molar-refractivity contribution is 6.00. The predicted octanol–water partition coefficient (Wildman–Crippen LogP) is 4.49. The molecule has 4 rings (SSSR count). The molecule has 3 nitrogen and oxygen atoms in total. The lowest BCUT2D eigenvalue weighted by Gasteiger charge is -2.33. The summed E-state index contributed by atoms with van der Waals surface area (Å²) in [5.74, 6) is 0.207. The topological polar surface area (TPSA) is 29.5 Å². The zero-order valence-corrected chi connectivity index (χ0v) is 14.8. The third-order valence-corrected chi connectivity index (χ3v) is 5.05. The molecule has 3 aromatic carbocycles. The second-order valence-electron chi connectivity index (χ2n) is 6.81.